The fourth-order valence-electron chi connectivity index (χ4n) is 2.84. The van der Waals surface area contributed by atoms with Crippen molar-refractivity contribution in [1.29, 1.82) is 0 Å². The standard InChI is InChI=1S/C22H20F2N4O3S/c1-28(2)14-26-32(30,31)21-11-18(7-8-19(21)16-9-17(23)13-25-12-16)27-22(29)10-15-5-3-4-6-20(15)24/h3-9,11-14H,10H2,1-2H3,(H,27,29). The molecule has 3 rings (SSSR count). The van der Waals surface area contributed by atoms with Gasteiger partial charge < -0.3 is 10.2 Å². The Morgan fingerprint density at radius 2 is 1.88 bits per heavy atom. The van der Waals surface area contributed by atoms with Crippen LogP contribution in [-0.4, -0.2) is 44.6 Å². The van der Waals surface area contributed by atoms with Gasteiger partial charge in [-0.2, -0.15) is 8.42 Å². The van der Waals surface area contributed by atoms with E-state index >= 15 is 0 Å². The topological polar surface area (TPSA) is 91.7 Å². The van der Waals surface area contributed by atoms with Gasteiger partial charge >= 0.3 is 0 Å². The first-order valence-electron chi connectivity index (χ1n) is 9.41. The van der Waals surface area contributed by atoms with Gasteiger partial charge in [-0.05, 0) is 29.8 Å². The first kappa shape index (κ1) is 23.0. The normalized spacial score (nSPS) is 11.5. The second kappa shape index (κ2) is 9.65. The van der Waals surface area contributed by atoms with E-state index in [1.807, 2.05) is 0 Å². The highest BCUT2D eigenvalue weighted by Crippen LogP contribution is 2.31. The van der Waals surface area contributed by atoms with E-state index in [1.165, 1.54) is 47.5 Å². The summed E-state index contributed by atoms with van der Waals surface area (Å²) in [7, 11) is -0.991. The first-order valence-corrected chi connectivity index (χ1v) is 10.8. The summed E-state index contributed by atoms with van der Waals surface area (Å²) in [4.78, 5) is 17.4. The molecule has 0 atom stereocenters. The highest BCUT2D eigenvalue weighted by atomic mass is 32.2. The summed E-state index contributed by atoms with van der Waals surface area (Å²) >= 11 is 0. The molecule has 0 aliphatic heterocycles. The second-order valence-corrected chi connectivity index (χ2v) is 8.68. The minimum atomic E-state index is -4.20. The van der Waals surface area contributed by atoms with Crippen molar-refractivity contribution in [3.8, 4) is 11.1 Å². The van der Waals surface area contributed by atoms with E-state index in [2.05, 4.69) is 14.7 Å². The van der Waals surface area contributed by atoms with Gasteiger partial charge in [0, 0.05) is 37.1 Å². The molecule has 10 heteroatoms. The molecule has 1 amide bonds. The van der Waals surface area contributed by atoms with Gasteiger partial charge in [0.15, 0.2) is 0 Å². The number of benzene rings is 2. The maximum absolute atomic E-state index is 13.8. The smallest absolute Gasteiger partial charge is 0.284 e. The Labute approximate surface area is 184 Å². The zero-order valence-corrected chi connectivity index (χ0v) is 18.1. The van der Waals surface area contributed by atoms with Crippen LogP contribution in [0.4, 0.5) is 14.5 Å². The summed E-state index contributed by atoms with van der Waals surface area (Å²) in [5.74, 6) is -1.68. The van der Waals surface area contributed by atoms with Crippen LogP contribution in [0.5, 0.6) is 0 Å². The maximum atomic E-state index is 13.8. The second-order valence-electron chi connectivity index (χ2n) is 7.08. The Kier molecular flexibility index (Phi) is 6.94. The Bertz CT molecular complexity index is 1280. The van der Waals surface area contributed by atoms with Gasteiger partial charge in [0.25, 0.3) is 10.0 Å². The Morgan fingerprint density at radius 1 is 1.12 bits per heavy atom. The van der Waals surface area contributed by atoms with E-state index in [0.29, 0.717) is 0 Å². The molecule has 0 spiro atoms. The number of hydrogen-bond acceptors (Lipinski definition) is 4. The van der Waals surface area contributed by atoms with E-state index in [0.717, 1.165) is 18.6 Å². The maximum Gasteiger partial charge on any atom is 0.284 e. The number of aromatic nitrogens is 1. The van der Waals surface area contributed by atoms with Crippen LogP contribution in [0.3, 0.4) is 0 Å². The lowest BCUT2D eigenvalue weighted by molar-refractivity contribution is -0.115. The predicted molar refractivity (Wildman–Crippen MR) is 118 cm³/mol. The van der Waals surface area contributed by atoms with Gasteiger partial charge in [-0.15, -0.1) is 4.40 Å². The molecule has 0 fully saturated rings. The molecule has 32 heavy (non-hydrogen) atoms. The van der Waals surface area contributed by atoms with E-state index in [1.54, 1.807) is 20.2 Å². The number of nitrogens with zero attached hydrogens (tertiary/aromatic N) is 3. The molecule has 0 unspecified atom stereocenters. The van der Waals surface area contributed by atoms with E-state index in [-0.39, 0.29) is 33.7 Å². The molecule has 0 bridgehead atoms. The van der Waals surface area contributed by atoms with Crippen molar-refractivity contribution in [2.24, 2.45) is 4.40 Å². The number of carbonyl (C=O) groups excluding carboxylic acids is 1. The van der Waals surface area contributed by atoms with Crippen LogP contribution in [0.1, 0.15) is 5.56 Å². The Morgan fingerprint density at radius 3 is 2.56 bits per heavy atom. The minimum Gasteiger partial charge on any atom is -0.368 e. The van der Waals surface area contributed by atoms with Crippen molar-refractivity contribution < 1.29 is 22.0 Å². The Balaban J connectivity index is 1.99. The third kappa shape index (κ3) is 5.73. The van der Waals surface area contributed by atoms with Crippen LogP contribution >= 0.6 is 0 Å². The summed E-state index contributed by atoms with van der Waals surface area (Å²) in [5, 5.41) is 2.56. The van der Waals surface area contributed by atoms with Crippen molar-refractivity contribution in [3.63, 3.8) is 0 Å². The number of carbonyl (C=O) groups is 1. The fourth-order valence-corrected chi connectivity index (χ4v) is 4.01. The van der Waals surface area contributed by atoms with Gasteiger partial charge in [-0.1, -0.05) is 24.3 Å². The third-order valence-corrected chi connectivity index (χ3v) is 5.55. The number of nitrogens with one attached hydrogen (secondary N) is 1. The average Bonchev–Trinajstić information content (AvgIpc) is 2.74. The van der Waals surface area contributed by atoms with Crippen LogP contribution < -0.4 is 5.32 Å². The molecule has 2 aromatic carbocycles. The SMILES string of the molecule is CN(C)C=NS(=O)(=O)c1cc(NC(=O)Cc2ccccc2F)ccc1-c1cncc(F)c1. The lowest BCUT2D eigenvalue weighted by Gasteiger charge is -2.12. The molecule has 1 N–H and O–H groups in total. The number of hydrogen-bond donors (Lipinski definition) is 1. The third-order valence-electron chi connectivity index (χ3n) is 4.28. The van der Waals surface area contributed by atoms with Crippen LogP contribution in [0, 0.1) is 11.6 Å². The summed E-state index contributed by atoms with van der Waals surface area (Å²) in [6.45, 7) is 0. The van der Waals surface area contributed by atoms with Crippen molar-refractivity contribution in [1.82, 2.24) is 9.88 Å². The number of halogens is 2. The van der Waals surface area contributed by atoms with Gasteiger partial charge in [-0.25, -0.2) is 8.78 Å². The molecular formula is C22H20F2N4O3S. The summed E-state index contributed by atoms with van der Waals surface area (Å²) in [5.41, 5.74) is 0.766. The molecule has 0 aliphatic rings. The Hall–Kier alpha value is -3.66. The number of anilines is 1. The van der Waals surface area contributed by atoms with Gasteiger partial charge in [-0.3, -0.25) is 9.78 Å². The number of rotatable bonds is 7. The van der Waals surface area contributed by atoms with Crippen LogP contribution in [-0.2, 0) is 21.2 Å². The number of pyridine rings is 1. The highest BCUT2D eigenvalue weighted by molar-refractivity contribution is 7.90. The monoisotopic (exact) mass is 458 g/mol. The molecule has 166 valence electrons. The van der Waals surface area contributed by atoms with Gasteiger partial charge in [0.1, 0.15) is 18.0 Å². The fraction of sp³-hybridized carbons (Fsp3) is 0.136. The van der Waals surface area contributed by atoms with Gasteiger partial charge in [0.2, 0.25) is 5.91 Å². The summed E-state index contributed by atoms with van der Waals surface area (Å²) in [6.07, 6.45) is 3.21. The first-order chi connectivity index (χ1) is 15.2. The van der Waals surface area contributed by atoms with E-state index in [9.17, 15) is 22.0 Å². The van der Waals surface area contributed by atoms with Crippen LogP contribution in [0.25, 0.3) is 11.1 Å². The van der Waals surface area contributed by atoms with Crippen molar-refractivity contribution in [3.05, 3.63) is 78.1 Å². The molecule has 0 radical (unpaired) electrons. The van der Waals surface area contributed by atoms with Crippen molar-refractivity contribution >= 4 is 28.0 Å². The zero-order chi connectivity index (χ0) is 23.3. The van der Waals surface area contributed by atoms with Gasteiger partial charge in [0.05, 0.1) is 17.5 Å². The van der Waals surface area contributed by atoms with Crippen molar-refractivity contribution in [2.45, 2.75) is 11.3 Å². The molecule has 7 nitrogen and oxygen atoms in total. The van der Waals surface area contributed by atoms with Crippen LogP contribution in [0.2, 0.25) is 0 Å². The summed E-state index contributed by atoms with van der Waals surface area (Å²) in [6, 6.07) is 11.1. The van der Waals surface area contributed by atoms with E-state index in [4.69, 9.17) is 0 Å². The zero-order valence-electron chi connectivity index (χ0n) is 17.3. The number of amides is 1. The lowest BCUT2D eigenvalue weighted by atomic mass is 10.1. The molecule has 1 aromatic heterocycles. The highest BCUT2D eigenvalue weighted by Gasteiger charge is 2.21. The largest absolute Gasteiger partial charge is 0.368 e. The summed E-state index contributed by atoms with van der Waals surface area (Å²) < 4.78 is 56.9. The van der Waals surface area contributed by atoms with Crippen LogP contribution in [0.15, 0.2) is 70.2 Å². The molecule has 3 aromatic rings. The van der Waals surface area contributed by atoms with Crippen molar-refractivity contribution in [2.75, 3.05) is 19.4 Å². The van der Waals surface area contributed by atoms with E-state index < -0.39 is 27.6 Å². The molecule has 0 saturated heterocycles. The molecule has 0 aliphatic carbocycles. The predicted octanol–water partition coefficient (Wildman–Crippen LogP) is 3.49. The lowest BCUT2D eigenvalue weighted by Crippen LogP contribution is -2.16. The minimum absolute atomic E-state index is 0.165. The quantitative estimate of drug-likeness (QED) is 0.432. The molecule has 1 heterocycles. The average molecular weight is 458 g/mol. The molecular weight excluding hydrogens is 438 g/mol. The molecule has 0 saturated carbocycles. The number of sulfonamides is 1.